The average molecular weight is 295 g/mol. The molecular weight excluding hydrogens is 276 g/mol. The number of aromatic nitrogens is 1. The predicted molar refractivity (Wildman–Crippen MR) is 80.8 cm³/mol. The normalized spacial score (nSPS) is 11.3. The fraction of sp³-hybridized carbons (Fsp3) is 0.400. The van der Waals surface area contributed by atoms with Gasteiger partial charge >= 0.3 is 0 Å². The summed E-state index contributed by atoms with van der Waals surface area (Å²) in [4.78, 5) is 13.9. The molecule has 0 aliphatic heterocycles. The summed E-state index contributed by atoms with van der Waals surface area (Å²) >= 11 is 6.02. The second kappa shape index (κ2) is 5.85. The van der Waals surface area contributed by atoms with Gasteiger partial charge in [0.25, 0.3) is 0 Å². The zero-order chi connectivity index (χ0) is 14.9. The standard InChI is InChI=1S/C15H19ClN2O2/c1-10(2)17(3)15(20)8-18-7-11(9-19)13-5-4-12(16)6-14(13)18/h4-7,10,19H,8-9H2,1-3H3. The van der Waals surface area contributed by atoms with E-state index >= 15 is 0 Å². The van der Waals surface area contributed by atoms with Gasteiger partial charge in [-0.1, -0.05) is 17.7 Å². The van der Waals surface area contributed by atoms with E-state index in [0.29, 0.717) is 5.02 Å². The molecule has 0 fully saturated rings. The van der Waals surface area contributed by atoms with Crippen molar-refractivity contribution in [3.63, 3.8) is 0 Å². The lowest BCUT2D eigenvalue weighted by atomic mass is 10.2. The summed E-state index contributed by atoms with van der Waals surface area (Å²) in [6.07, 6.45) is 1.81. The van der Waals surface area contributed by atoms with Gasteiger partial charge in [0, 0.05) is 35.3 Å². The van der Waals surface area contributed by atoms with Crippen LogP contribution in [0.4, 0.5) is 0 Å². The SMILES string of the molecule is CC(C)N(C)C(=O)Cn1cc(CO)c2ccc(Cl)cc21. The number of benzene rings is 1. The molecule has 1 amide bonds. The van der Waals surface area contributed by atoms with Gasteiger partial charge in [0.15, 0.2) is 0 Å². The van der Waals surface area contributed by atoms with Crippen LogP contribution in [0.2, 0.25) is 5.02 Å². The molecule has 1 heterocycles. The molecule has 0 saturated carbocycles. The van der Waals surface area contributed by atoms with E-state index in [9.17, 15) is 9.90 Å². The Balaban J connectivity index is 2.39. The fourth-order valence-electron chi connectivity index (χ4n) is 2.14. The second-order valence-electron chi connectivity index (χ2n) is 5.20. The van der Waals surface area contributed by atoms with E-state index in [2.05, 4.69) is 0 Å². The maximum atomic E-state index is 12.2. The predicted octanol–water partition coefficient (Wildman–Crippen LogP) is 2.65. The highest BCUT2D eigenvalue weighted by atomic mass is 35.5. The van der Waals surface area contributed by atoms with Crippen molar-refractivity contribution >= 4 is 28.4 Å². The highest BCUT2D eigenvalue weighted by molar-refractivity contribution is 6.31. The Morgan fingerprint density at radius 3 is 2.75 bits per heavy atom. The molecular formula is C15H19ClN2O2. The maximum absolute atomic E-state index is 12.2. The van der Waals surface area contributed by atoms with Gasteiger partial charge in [-0.15, -0.1) is 0 Å². The molecule has 0 aliphatic carbocycles. The number of aliphatic hydroxyl groups excluding tert-OH is 1. The number of amides is 1. The molecule has 0 spiro atoms. The van der Waals surface area contributed by atoms with Crippen molar-refractivity contribution in [2.75, 3.05) is 7.05 Å². The van der Waals surface area contributed by atoms with Crippen molar-refractivity contribution in [2.24, 2.45) is 0 Å². The molecule has 0 bridgehead atoms. The summed E-state index contributed by atoms with van der Waals surface area (Å²) in [5, 5.41) is 11.0. The number of carbonyl (C=O) groups is 1. The van der Waals surface area contributed by atoms with Gasteiger partial charge in [-0.25, -0.2) is 0 Å². The number of fused-ring (bicyclic) bond motifs is 1. The molecule has 0 atom stereocenters. The molecule has 1 aromatic carbocycles. The zero-order valence-electron chi connectivity index (χ0n) is 11.9. The zero-order valence-corrected chi connectivity index (χ0v) is 12.7. The lowest BCUT2D eigenvalue weighted by Crippen LogP contribution is -2.35. The van der Waals surface area contributed by atoms with Crippen LogP contribution >= 0.6 is 11.6 Å². The monoisotopic (exact) mass is 294 g/mol. The van der Waals surface area contributed by atoms with E-state index in [1.807, 2.05) is 36.7 Å². The number of hydrogen-bond donors (Lipinski definition) is 1. The van der Waals surface area contributed by atoms with Gasteiger partial charge in [-0.2, -0.15) is 0 Å². The first-order valence-electron chi connectivity index (χ1n) is 6.57. The van der Waals surface area contributed by atoms with Crippen molar-refractivity contribution in [1.82, 2.24) is 9.47 Å². The van der Waals surface area contributed by atoms with Crippen LogP contribution in [0.25, 0.3) is 10.9 Å². The Bertz CT molecular complexity index is 634. The minimum atomic E-state index is -0.0562. The third kappa shape index (κ3) is 2.81. The van der Waals surface area contributed by atoms with Crippen molar-refractivity contribution in [1.29, 1.82) is 0 Å². The van der Waals surface area contributed by atoms with Gasteiger partial charge < -0.3 is 14.6 Å². The van der Waals surface area contributed by atoms with E-state index in [0.717, 1.165) is 16.5 Å². The van der Waals surface area contributed by atoms with Crippen molar-refractivity contribution in [2.45, 2.75) is 33.0 Å². The Morgan fingerprint density at radius 2 is 2.15 bits per heavy atom. The van der Waals surface area contributed by atoms with Gasteiger partial charge in [-0.3, -0.25) is 4.79 Å². The number of nitrogens with zero attached hydrogens (tertiary/aromatic N) is 2. The topological polar surface area (TPSA) is 45.5 Å². The minimum absolute atomic E-state index is 0.0290. The Kier molecular flexibility index (Phi) is 4.35. The summed E-state index contributed by atoms with van der Waals surface area (Å²) in [5.74, 6) is 0.0290. The number of hydrogen-bond acceptors (Lipinski definition) is 2. The summed E-state index contributed by atoms with van der Waals surface area (Å²) in [6.45, 7) is 4.13. The quantitative estimate of drug-likeness (QED) is 0.942. The first-order valence-corrected chi connectivity index (χ1v) is 6.95. The number of rotatable bonds is 4. The van der Waals surface area contributed by atoms with Crippen LogP contribution in [-0.2, 0) is 17.9 Å². The number of halogens is 1. The van der Waals surface area contributed by atoms with E-state index in [1.54, 1.807) is 18.0 Å². The molecule has 20 heavy (non-hydrogen) atoms. The highest BCUT2D eigenvalue weighted by Gasteiger charge is 2.15. The summed E-state index contributed by atoms with van der Waals surface area (Å²) in [6, 6.07) is 5.63. The van der Waals surface area contributed by atoms with Gasteiger partial charge in [-0.05, 0) is 26.0 Å². The van der Waals surface area contributed by atoms with E-state index in [1.165, 1.54) is 0 Å². The number of carbonyl (C=O) groups excluding carboxylic acids is 1. The van der Waals surface area contributed by atoms with E-state index in [-0.39, 0.29) is 25.1 Å². The first-order chi connectivity index (χ1) is 9.43. The van der Waals surface area contributed by atoms with Gasteiger partial charge in [0.05, 0.1) is 12.1 Å². The molecule has 0 saturated heterocycles. The molecule has 2 aromatic rings. The van der Waals surface area contributed by atoms with Gasteiger partial charge in [0.2, 0.25) is 5.91 Å². The van der Waals surface area contributed by atoms with E-state index in [4.69, 9.17) is 11.6 Å². The summed E-state index contributed by atoms with van der Waals surface area (Å²) < 4.78 is 1.84. The molecule has 5 heteroatoms. The van der Waals surface area contributed by atoms with Crippen LogP contribution in [0, 0.1) is 0 Å². The highest BCUT2D eigenvalue weighted by Crippen LogP contribution is 2.25. The van der Waals surface area contributed by atoms with Crippen LogP contribution in [0.3, 0.4) is 0 Å². The summed E-state index contributed by atoms with van der Waals surface area (Å²) in [5.41, 5.74) is 1.67. The van der Waals surface area contributed by atoms with Crippen LogP contribution in [0.15, 0.2) is 24.4 Å². The van der Waals surface area contributed by atoms with Gasteiger partial charge in [0.1, 0.15) is 6.54 Å². The van der Waals surface area contributed by atoms with Crippen LogP contribution < -0.4 is 0 Å². The lowest BCUT2D eigenvalue weighted by molar-refractivity contribution is -0.131. The fourth-order valence-corrected chi connectivity index (χ4v) is 2.31. The smallest absolute Gasteiger partial charge is 0.242 e. The second-order valence-corrected chi connectivity index (χ2v) is 5.64. The molecule has 0 aliphatic rings. The Hall–Kier alpha value is -1.52. The Labute approximate surface area is 123 Å². The molecule has 1 N–H and O–H groups in total. The molecule has 4 nitrogen and oxygen atoms in total. The van der Waals surface area contributed by atoms with Crippen LogP contribution in [0.5, 0.6) is 0 Å². The largest absolute Gasteiger partial charge is 0.392 e. The minimum Gasteiger partial charge on any atom is -0.392 e. The lowest BCUT2D eigenvalue weighted by Gasteiger charge is -2.21. The van der Waals surface area contributed by atoms with Crippen molar-refractivity contribution in [3.8, 4) is 0 Å². The Morgan fingerprint density at radius 1 is 1.45 bits per heavy atom. The molecule has 1 aromatic heterocycles. The molecule has 108 valence electrons. The number of aliphatic hydroxyl groups is 1. The van der Waals surface area contributed by atoms with Crippen molar-refractivity contribution in [3.05, 3.63) is 35.0 Å². The number of likely N-dealkylation sites (N-methyl/N-ethyl adjacent to an activating group) is 1. The van der Waals surface area contributed by atoms with E-state index < -0.39 is 0 Å². The maximum Gasteiger partial charge on any atom is 0.242 e. The molecule has 0 radical (unpaired) electrons. The van der Waals surface area contributed by atoms with Crippen LogP contribution in [0.1, 0.15) is 19.4 Å². The average Bonchev–Trinajstić information content (AvgIpc) is 2.75. The van der Waals surface area contributed by atoms with Crippen LogP contribution in [-0.4, -0.2) is 33.6 Å². The summed E-state index contributed by atoms with van der Waals surface area (Å²) in [7, 11) is 1.79. The van der Waals surface area contributed by atoms with Crippen molar-refractivity contribution < 1.29 is 9.90 Å². The third-order valence-electron chi connectivity index (χ3n) is 3.57. The molecule has 2 rings (SSSR count). The first kappa shape index (κ1) is 14.9. The third-order valence-corrected chi connectivity index (χ3v) is 3.81. The molecule has 0 unspecified atom stereocenters.